The lowest BCUT2D eigenvalue weighted by atomic mass is 10.1. The molecule has 0 unspecified atom stereocenters. The zero-order chi connectivity index (χ0) is 19.3. The second-order valence-electron chi connectivity index (χ2n) is 7.15. The van der Waals surface area contributed by atoms with Crippen molar-refractivity contribution in [3.05, 3.63) is 59.7 Å². The molecule has 6 heteroatoms. The van der Waals surface area contributed by atoms with Gasteiger partial charge in [-0.25, -0.2) is 0 Å². The third kappa shape index (κ3) is 4.01. The largest absolute Gasteiger partial charge is 0.378 e. The molecule has 6 nitrogen and oxygen atoms in total. The fraction of sp³-hybridized carbons (Fsp3) is 0.364. The Kier molecular flexibility index (Phi) is 5.56. The van der Waals surface area contributed by atoms with E-state index in [0.717, 1.165) is 39.4 Å². The minimum absolute atomic E-state index is 0.0401. The van der Waals surface area contributed by atoms with E-state index in [4.69, 9.17) is 4.74 Å². The average Bonchev–Trinajstić information content (AvgIpc) is 2.75. The summed E-state index contributed by atoms with van der Waals surface area (Å²) in [4.78, 5) is 19.0. The van der Waals surface area contributed by atoms with Crippen molar-refractivity contribution in [1.29, 1.82) is 5.26 Å². The highest BCUT2D eigenvalue weighted by atomic mass is 16.5. The van der Waals surface area contributed by atoms with Gasteiger partial charge < -0.3 is 14.5 Å². The second kappa shape index (κ2) is 8.42. The number of carbonyl (C=O) groups excluding carboxylic acids is 1. The Balaban J connectivity index is 1.41. The first-order valence-corrected chi connectivity index (χ1v) is 9.68. The molecule has 28 heavy (non-hydrogen) atoms. The molecule has 0 bridgehead atoms. The Morgan fingerprint density at radius 1 is 1.00 bits per heavy atom. The molecule has 2 fully saturated rings. The lowest BCUT2D eigenvalue weighted by Gasteiger charge is -2.35. The summed E-state index contributed by atoms with van der Waals surface area (Å²) in [6.07, 6.45) is 0. The molecule has 2 aromatic rings. The van der Waals surface area contributed by atoms with E-state index in [1.54, 1.807) is 11.0 Å². The van der Waals surface area contributed by atoms with Crippen LogP contribution in [0.15, 0.2) is 48.5 Å². The number of para-hydroxylation sites is 1. The molecule has 0 radical (unpaired) electrons. The molecule has 0 aliphatic carbocycles. The number of ether oxygens (including phenoxy) is 1. The predicted octanol–water partition coefficient (Wildman–Crippen LogP) is 2.24. The molecule has 1 amide bonds. The van der Waals surface area contributed by atoms with E-state index < -0.39 is 0 Å². The molecule has 0 aromatic heterocycles. The van der Waals surface area contributed by atoms with Gasteiger partial charge in [0.15, 0.2) is 0 Å². The summed E-state index contributed by atoms with van der Waals surface area (Å²) in [5.41, 5.74) is 3.68. The van der Waals surface area contributed by atoms with Crippen LogP contribution in [0.2, 0.25) is 0 Å². The summed E-state index contributed by atoms with van der Waals surface area (Å²) in [5, 5.41) is 9.31. The van der Waals surface area contributed by atoms with E-state index in [-0.39, 0.29) is 5.91 Å². The molecule has 2 saturated heterocycles. The van der Waals surface area contributed by atoms with Gasteiger partial charge >= 0.3 is 0 Å². The minimum atomic E-state index is 0.0401. The number of piperazine rings is 1. The Labute approximate surface area is 165 Å². The Bertz CT molecular complexity index is 886. The van der Waals surface area contributed by atoms with E-state index in [0.29, 0.717) is 24.3 Å². The van der Waals surface area contributed by atoms with E-state index in [1.165, 1.54) is 11.3 Å². The fourth-order valence-electron chi connectivity index (χ4n) is 3.85. The van der Waals surface area contributed by atoms with Crippen molar-refractivity contribution < 1.29 is 9.53 Å². The van der Waals surface area contributed by atoms with Crippen LogP contribution in [0.3, 0.4) is 0 Å². The highest BCUT2D eigenvalue weighted by molar-refractivity contribution is 5.96. The van der Waals surface area contributed by atoms with Crippen molar-refractivity contribution >= 4 is 17.3 Å². The van der Waals surface area contributed by atoms with Gasteiger partial charge in [-0.15, -0.1) is 0 Å². The molecule has 2 aliphatic heterocycles. The van der Waals surface area contributed by atoms with Gasteiger partial charge in [-0.1, -0.05) is 24.3 Å². The fourth-order valence-corrected chi connectivity index (χ4v) is 3.85. The molecule has 0 N–H and O–H groups in total. The first kappa shape index (κ1) is 18.5. The summed E-state index contributed by atoms with van der Waals surface area (Å²) < 4.78 is 5.44. The van der Waals surface area contributed by atoms with E-state index in [1.807, 2.05) is 18.2 Å². The molecule has 2 aliphatic rings. The SMILES string of the molecule is N#Cc1ccccc1N1CCN(Cc2cccc(N3CCOCC3)c2)CC1=O. The topological polar surface area (TPSA) is 59.8 Å². The van der Waals surface area contributed by atoms with Gasteiger partial charge in [-0.05, 0) is 29.8 Å². The average molecular weight is 376 g/mol. The third-order valence-electron chi connectivity index (χ3n) is 5.31. The molecule has 0 spiro atoms. The van der Waals surface area contributed by atoms with Crippen LogP contribution in [0, 0.1) is 11.3 Å². The first-order valence-electron chi connectivity index (χ1n) is 9.68. The minimum Gasteiger partial charge on any atom is -0.378 e. The van der Waals surface area contributed by atoms with Gasteiger partial charge in [0, 0.05) is 38.4 Å². The van der Waals surface area contributed by atoms with Gasteiger partial charge in [0.1, 0.15) is 6.07 Å². The monoisotopic (exact) mass is 376 g/mol. The number of nitriles is 1. The Morgan fingerprint density at radius 2 is 1.82 bits per heavy atom. The summed E-state index contributed by atoms with van der Waals surface area (Å²) in [6.45, 7) is 5.86. The van der Waals surface area contributed by atoms with Crippen LogP contribution < -0.4 is 9.80 Å². The quantitative estimate of drug-likeness (QED) is 0.819. The first-order chi connectivity index (χ1) is 13.7. The van der Waals surface area contributed by atoms with Crippen LogP contribution in [0.25, 0.3) is 0 Å². The van der Waals surface area contributed by atoms with Crippen LogP contribution in [-0.2, 0) is 16.1 Å². The van der Waals surface area contributed by atoms with Gasteiger partial charge in [0.25, 0.3) is 0 Å². The number of anilines is 2. The number of nitrogens with zero attached hydrogens (tertiary/aromatic N) is 4. The standard InChI is InChI=1S/C22H24N4O2/c23-15-19-5-1-2-7-21(19)26-9-8-24(17-22(26)27)16-18-4-3-6-20(14-18)25-10-12-28-13-11-25/h1-7,14H,8-13,16-17H2. The van der Waals surface area contributed by atoms with Crippen LogP contribution in [0.1, 0.15) is 11.1 Å². The van der Waals surface area contributed by atoms with Crippen molar-refractivity contribution in [3.8, 4) is 6.07 Å². The molecular formula is C22H24N4O2. The molecular weight excluding hydrogens is 352 g/mol. The summed E-state index contributed by atoms with van der Waals surface area (Å²) in [7, 11) is 0. The van der Waals surface area contributed by atoms with Crippen molar-refractivity contribution in [2.24, 2.45) is 0 Å². The number of morpholine rings is 1. The van der Waals surface area contributed by atoms with Gasteiger partial charge in [-0.3, -0.25) is 9.69 Å². The molecule has 2 heterocycles. The molecule has 0 atom stereocenters. The lowest BCUT2D eigenvalue weighted by Crippen LogP contribution is -2.50. The highest BCUT2D eigenvalue weighted by Gasteiger charge is 2.26. The zero-order valence-electron chi connectivity index (χ0n) is 15.9. The van der Waals surface area contributed by atoms with E-state index >= 15 is 0 Å². The summed E-state index contributed by atoms with van der Waals surface area (Å²) in [6, 6.07) is 18.0. The molecule has 4 rings (SSSR count). The van der Waals surface area contributed by atoms with Crippen molar-refractivity contribution in [2.45, 2.75) is 6.54 Å². The van der Waals surface area contributed by atoms with E-state index in [2.05, 4.69) is 40.1 Å². The van der Waals surface area contributed by atoms with Crippen LogP contribution in [0.4, 0.5) is 11.4 Å². The molecule has 2 aromatic carbocycles. The van der Waals surface area contributed by atoms with Crippen molar-refractivity contribution in [2.75, 3.05) is 55.7 Å². The molecule has 144 valence electrons. The Hall–Kier alpha value is -2.88. The molecule has 0 saturated carbocycles. The number of carbonyl (C=O) groups is 1. The number of amides is 1. The normalized spacial score (nSPS) is 18.2. The maximum Gasteiger partial charge on any atom is 0.241 e. The second-order valence-corrected chi connectivity index (χ2v) is 7.15. The zero-order valence-corrected chi connectivity index (χ0v) is 15.9. The number of hydrogen-bond acceptors (Lipinski definition) is 5. The van der Waals surface area contributed by atoms with Gasteiger partial charge in [-0.2, -0.15) is 5.26 Å². The lowest BCUT2D eigenvalue weighted by molar-refractivity contribution is -0.121. The third-order valence-corrected chi connectivity index (χ3v) is 5.31. The van der Waals surface area contributed by atoms with Crippen molar-refractivity contribution in [1.82, 2.24) is 4.90 Å². The summed E-state index contributed by atoms with van der Waals surface area (Å²) >= 11 is 0. The van der Waals surface area contributed by atoms with Gasteiger partial charge in [0.05, 0.1) is 31.0 Å². The predicted molar refractivity (Wildman–Crippen MR) is 108 cm³/mol. The van der Waals surface area contributed by atoms with Crippen LogP contribution in [0.5, 0.6) is 0 Å². The smallest absolute Gasteiger partial charge is 0.241 e. The van der Waals surface area contributed by atoms with Crippen molar-refractivity contribution in [3.63, 3.8) is 0 Å². The Morgan fingerprint density at radius 3 is 2.61 bits per heavy atom. The van der Waals surface area contributed by atoms with E-state index in [9.17, 15) is 10.1 Å². The number of benzene rings is 2. The van der Waals surface area contributed by atoms with Crippen LogP contribution >= 0.6 is 0 Å². The number of rotatable bonds is 4. The van der Waals surface area contributed by atoms with Crippen LogP contribution in [-0.4, -0.2) is 56.7 Å². The van der Waals surface area contributed by atoms with Gasteiger partial charge in [0.2, 0.25) is 5.91 Å². The summed E-state index contributed by atoms with van der Waals surface area (Å²) in [5.74, 6) is 0.0401. The maximum absolute atomic E-state index is 12.7. The maximum atomic E-state index is 12.7. The highest BCUT2D eigenvalue weighted by Crippen LogP contribution is 2.23. The number of hydrogen-bond donors (Lipinski definition) is 0.